The molecule has 0 aliphatic heterocycles. The van der Waals surface area contributed by atoms with Crippen LogP contribution in [0.4, 0.5) is 24.5 Å². The number of alkyl halides is 3. The van der Waals surface area contributed by atoms with Crippen molar-refractivity contribution in [1.82, 2.24) is 5.32 Å². The van der Waals surface area contributed by atoms with Crippen LogP contribution in [0, 0.1) is 0 Å². The zero-order valence-electron chi connectivity index (χ0n) is 17.6. The van der Waals surface area contributed by atoms with Crippen molar-refractivity contribution >= 4 is 46.5 Å². The van der Waals surface area contributed by atoms with Gasteiger partial charge in [-0.25, -0.2) is 0 Å². The molecule has 7 nitrogen and oxygen atoms in total. The number of hydrogen-bond acceptors (Lipinski definition) is 5. The van der Waals surface area contributed by atoms with Gasteiger partial charge in [0, 0.05) is 23.4 Å². The number of thiocarbonyl (C=S) groups is 1. The molecule has 3 N–H and O–H groups in total. The highest BCUT2D eigenvalue weighted by molar-refractivity contribution is 7.80. The highest BCUT2D eigenvalue weighted by Gasteiger charge is 2.30. The van der Waals surface area contributed by atoms with Crippen molar-refractivity contribution in [2.45, 2.75) is 32.4 Å². The van der Waals surface area contributed by atoms with Gasteiger partial charge in [-0.2, -0.15) is 13.2 Å². The zero-order chi connectivity index (χ0) is 24.4. The number of hydrogen-bond donors (Lipinski definition) is 3. The summed E-state index contributed by atoms with van der Waals surface area (Å²) in [7, 11) is 0. The summed E-state index contributed by atoms with van der Waals surface area (Å²) in [6.07, 6.45) is -4.03. The molecule has 2 aromatic rings. The first kappa shape index (κ1) is 25.8. The van der Waals surface area contributed by atoms with Crippen molar-refractivity contribution in [3.05, 3.63) is 59.7 Å². The Hall–Kier alpha value is -3.47. The van der Waals surface area contributed by atoms with Crippen LogP contribution in [0.5, 0.6) is 0 Å². The molecule has 2 rings (SSSR count). The summed E-state index contributed by atoms with van der Waals surface area (Å²) in [6, 6.07) is 10.3. The smallest absolute Gasteiger partial charge is 0.416 e. The average Bonchev–Trinajstić information content (AvgIpc) is 2.76. The van der Waals surface area contributed by atoms with Gasteiger partial charge in [-0.1, -0.05) is 19.1 Å². The Labute approximate surface area is 193 Å². The maximum absolute atomic E-state index is 12.8. The normalized spacial score (nSPS) is 10.8. The van der Waals surface area contributed by atoms with Gasteiger partial charge in [-0.05, 0) is 55.0 Å². The Morgan fingerprint density at radius 1 is 0.970 bits per heavy atom. The number of nitrogens with one attached hydrogen (secondary N) is 3. The molecule has 0 aromatic heterocycles. The number of rotatable bonds is 8. The molecule has 0 aliphatic rings. The van der Waals surface area contributed by atoms with Gasteiger partial charge < -0.3 is 20.7 Å². The second-order valence-corrected chi connectivity index (χ2v) is 7.24. The molecule has 0 atom stereocenters. The van der Waals surface area contributed by atoms with E-state index in [4.69, 9.17) is 17.0 Å². The summed E-state index contributed by atoms with van der Waals surface area (Å²) < 4.78 is 43.4. The zero-order valence-corrected chi connectivity index (χ0v) is 18.4. The fourth-order valence-corrected chi connectivity index (χ4v) is 2.80. The van der Waals surface area contributed by atoms with Gasteiger partial charge in [0.15, 0.2) is 5.11 Å². The molecule has 0 aliphatic carbocycles. The molecule has 0 radical (unpaired) electrons. The van der Waals surface area contributed by atoms with E-state index in [2.05, 4.69) is 16.0 Å². The number of benzene rings is 2. The predicted octanol–water partition coefficient (Wildman–Crippen LogP) is 4.50. The summed E-state index contributed by atoms with van der Waals surface area (Å²) >= 11 is 5.06. The largest absolute Gasteiger partial charge is 0.466 e. The number of carbonyl (C=O) groups is 3. The first-order valence-corrected chi connectivity index (χ1v) is 10.3. The SMILES string of the molecule is CCCOC(=O)CCC(=O)NC(=S)Nc1cccc(C(=O)Nc2cccc(C(F)(F)F)c2)c1. The molecular formula is C22H22F3N3O4S. The van der Waals surface area contributed by atoms with E-state index in [1.807, 2.05) is 6.92 Å². The molecule has 2 aromatic carbocycles. The third-order valence-electron chi connectivity index (χ3n) is 4.11. The molecule has 176 valence electrons. The van der Waals surface area contributed by atoms with E-state index in [-0.39, 0.29) is 35.8 Å². The van der Waals surface area contributed by atoms with Gasteiger partial charge in [-0.15, -0.1) is 0 Å². The number of carbonyl (C=O) groups excluding carboxylic acids is 3. The van der Waals surface area contributed by atoms with Crippen LogP contribution in [-0.4, -0.2) is 29.5 Å². The van der Waals surface area contributed by atoms with Crippen molar-refractivity contribution in [2.75, 3.05) is 17.2 Å². The molecule has 33 heavy (non-hydrogen) atoms. The van der Waals surface area contributed by atoms with Crippen LogP contribution < -0.4 is 16.0 Å². The Morgan fingerprint density at radius 2 is 1.64 bits per heavy atom. The van der Waals surface area contributed by atoms with Crippen LogP contribution in [0.1, 0.15) is 42.1 Å². The Balaban J connectivity index is 1.92. The van der Waals surface area contributed by atoms with Crippen molar-refractivity contribution in [2.24, 2.45) is 0 Å². The number of esters is 1. The summed E-state index contributed by atoms with van der Waals surface area (Å²) in [6.45, 7) is 2.15. The topological polar surface area (TPSA) is 96.5 Å². The quantitative estimate of drug-likeness (QED) is 0.379. The van der Waals surface area contributed by atoms with Crippen molar-refractivity contribution in [3.63, 3.8) is 0 Å². The lowest BCUT2D eigenvalue weighted by Crippen LogP contribution is -2.34. The van der Waals surface area contributed by atoms with E-state index in [0.29, 0.717) is 12.1 Å². The third kappa shape index (κ3) is 8.89. The molecule has 0 saturated carbocycles. The lowest BCUT2D eigenvalue weighted by atomic mass is 10.1. The number of ether oxygens (including phenoxy) is 1. The Kier molecular flexibility index (Phi) is 9.34. The summed E-state index contributed by atoms with van der Waals surface area (Å²) in [5, 5.41) is 7.52. The summed E-state index contributed by atoms with van der Waals surface area (Å²) in [4.78, 5) is 35.8. The monoisotopic (exact) mass is 481 g/mol. The van der Waals surface area contributed by atoms with Crippen molar-refractivity contribution in [1.29, 1.82) is 0 Å². The van der Waals surface area contributed by atoms with E-state index in [1.165, 1.54) is 30.3 Å². The summed E-state index contributed by atoms with van der Waals surface area (Å²) in [5.41, 5.74) is -0.353. The fraction of sp³-hybridized carbons (Fsp3) is 0.273. The maximum atomic E-state index is 12.8. The van der Waals surface area contributed by atoms with Crippen LogP contribution >= 0.6 is 12.2 Å². The molecule has 2 amide bonds. The molecule has 0 spiro atoms. The van der Waals surface area contributed by atoms with Gasteiger partial charge in [0.05, 0.1) is 18.6 Å². The number of halogens is 3. The number of amides is 2. The molecule has 0 saturated heterocycles. The van der Waals surface area contributed by atoms with E-state index in [1.54, 1.807) is 6.07 Å². The van der Waals surface area contributed by atoms with E-state index >= 15 is 0 Å². The van der Waals surface area contributed by atoms with Gasteiger partial charge in [-0.3, -0.25) is 14.4 Å². The predicted molar refractivity (Wildman–Crippen MR) is 121 cm³/mol. The van der Waals surface area contributed by atoms with Crippen molar-refractivity contribution < 1.29 is 32.3 Å². The highest BCUT2D eigenvalue weighted by Crippen LogP contribution is 2.30. The fourth-order valence-electron chi connectivity index (χ4n) is 2.57. The molecule has 0 fully saturated rings. The van der Waals surface area contributed by atoms with Crippen LogP contribution in [-0.2, 0) is 20.5 Å². The Morgan fingerprint density at radius 3 is 2.30 bits per heavy atom. The number of anilines is 2. The first-order valence-electron chi connectivity index (χ1n) is 9.93. The van der Waals surface area contributed by atoms with Gasteiger partial charge in [0.25, 0.3) is 5.91 Å². The lowest BCUT2D eigenvalue weighted by molar-refractivity contribution is -0.144. The van der Waals surface area contributed by atoms with Crippen LogP contribution in [0.25, 0.3) is 0 Å². The van der Waals surface area contributed by atoms with Gasteiger partial charge >= 0.3 is 12.1 Å². The molecular weight excluding hydrogens is 459 g/mol. The molecule has 11 heteroatoms. The molecule has 0 bridgehead atoms. The van der Waals surface area contributed by atoms with Gasteiger partial charge in [0.2, 0.25) is 5.91 Å². The van der Waals surface area contributed by atoms with Crippen LogP contribution in [0.2, 0.25) is 0 Å². The van der Waals surface area contributed by atoms with Crippen LogP contribution in [0.3, 0.4) is 0 Å². The summed E-state index contributed by atoms with van der Waals surface area (Å²) in [5.74, 6) is -1.59. The minimum atomic E-state index is -4.53. The Bertz CT molecular complexity index is 1030. The second-order valence-electron chi connectivity index (χ2n) is 6.84. The lowest BCUT2D eigenvalue weighted by Gasteiger charge is -2.12. The van der Waals surface area contributed by atoms with E-state index < -0.39 is 29.5 Å². The van der Waals surface area contributed by atoms with Crippen molar-refractivity contribution in [3.8, 4) is 0 Å². The van der Waals surface area contributed by atoms with E-state index in [0.717, 1.165) is 12.1 Å². The third-order valence-corrected chi connectivity index (χ3v) is 4.31. The second kappa shape index (κ2) is 12.0. The minimum Gasteiger partial charge on any atom is -0.466 e. The van der Waals surface area contributed by atoms with E-state index in [9.17, 15) is 27.6 Å². The standard InChI is InChI=1S/C22H22F3N3O4S/c1-2-11-32-19(30)10-9-18(29)28-21(33)27-16-7-3-5-14(12-16)20(31)26-17-8-4-6-15(13-17)22(23,24)25/h3-8,12-13H,2,9-11H2,1H3,(H,26,31)(H2,27,28,29,33). The average molecular weight is 481 g/mol. The van der Waals surface area contributed by atoms with Gasteiger partial charge in [0.1, 0.15) is 0 Å². The van der Waals surface area contributed by atoms with Crippen LogP contribution in [0.15, 0.2) is 48.5 Å². The highest BCUT2D eigenvalue weighted by atomic mass is 32.1. The molecule has 0 unspecified atom stereocenters. The minimum absolute atomic E-state index is 0.00608. The maximum Gasteiger partial charge on any atom is 0.416 e. The first-order chi connectivity index (χ1) is 15.6. The molecule has 0 heterocycles.